The summed E-state index contributed by atoms with van der Waals surface area (Å²) in [7, 11) is 0. The number of halogens is 1. The second kappa shape index (κ2) is 4.32. The smallest absolute Gasteiger partial charge is 0.136 e. The maximum absolute atomic E-state index is 13.3. The standard InChI is InChI=1S/C11H13FOS/c12-8-4-1-2-6-10(8)14-11-7-3-5-9(11)13/h1-2,4,6,9,11,13H,3,5,7H2/t9-,11-/m1/s1. The van der Waals surface area contributed by atoms with Gasteiger partial charge in [-0.2, -0.15) is 0 Å². The number of aliphatic hydroxyl groups excluding tert-OH is 1. The molecule has 0 unspecified atom stereocenters. The molecule has 2 atom stereocenters. The third-order valence-electron chi connectivity index (χ3n) is 2.53. The lowest BCUT2D eigenvalue weighted by Crippen LogP contribution is -2.15. The first-order chi connectivity index (χ1) is 6.77. The lowest BCUT2D eigenvalue weighted by Gasteiger charge is -2.13. The molecule has 1 aromatic carbocycles. The predicted molar refractivity (Wildman–Crippen MR) is 55.9 cm³/mol. The highest BCUT2D eigenvalue weighted by atomic mass is 32.2. The van der Waals surface area contributed by atoms with Crippen molar-refractivity contribution in [3.8, 4) is 0 Å². The Morgan fingerprint density at radius 1 is 1.29 bits per heavy atom. The molecule has 2 rings (SSSR count). The summed E-state index contributed by atoms with van der Waals surface area (Å²) in [5, 5.41) is 9.77. The van der Waals surface area contributed by atoms with Crippen LogP contribution in [-0.4, -0.2) is 16.5 Å². The van der Waals surface area contributed by atoms with Gasteiger partial charge in [0.05, 0.1) is 6.10 Å². The molecule has 1 fully saturated rings. The van der Waals surface area contributed by atoms with E-state index in [4.69, 9.17) is 0 Å². The molecule has 0 saturated heterocycles. The molecular weight excluding hydrogens is 199 g/mol. The molecule has 76 valence electrons. The summed E-state index contributed by atoms with van der Waals surface area (Å²) in [5.74, 6) is -0.184. The molecule has 0 heterocycles. The van der Waals surface area contributed by atoms with E-state index in [1.807, 2.05) is 6.07 Å². The topological polar surface area (TPSA) is 20.2 Å². The Bertz CT molecular complexity index is 316. The van der Waals surface area contributed by atoms with Crippen molar-refractivity contribution in [3.63, 3.8) is 0 Å². The lowest BCUT2D eigenvalue weighted by molar-refractivity contribution is 0.188. The van der Waals surface area contributed by atoms with Crippen molar-refractivity contribution in [1.82, 2.24) is 0 Å². The summed E-state index contributed by atoms with van der Waals surface area (Å²) in [6.07, 6.45) is 2.62. The number of thioether (sulfide) groups is 1. The van der Waals surface area contributed by atoms with Crippen LogP contribution >= 0.6 is 11.8 Å². The molecule has 0 bridgehead atoms. The van der Waals surface area contributed by atoms with Gasteiger partial charge in [0.25, 0.3) is 0 Å². The van der Waals surface area contributed by atoms with Crippen LogP contribution < -0.4 is 0 Å². The van der Waals surface area contributed by atoms with E-state index >= 15 is 0 Å². The number of rotatable bonds is 2. The van der Waals surface area contributed by atoms with Crippen LogP contribution in [-0.2, 0) is 0 Å². The Hall–Kier alpha value is -0.540. The van der Waals surface area contributed by atoms with Gasteiger partial charge in [-0.15, -0.1) is 11.8 Å². The Morgan fingerprint density at radius 2 is 2.07 bits per heavy atom. The third kappa shape index (κ3) is 2.10. The van der Waals surface area contributed by atoms with Gasteiger partial charge in [-0.05, 0) is 31.4 Å². The molecule has 0 spiro atoms. The zero-order chi connectivity index (χ0) is 9.97. The Kier molecular flexibility index (Phi) is 3.08. The maximum Gasteiger partial charge on any atom is 0.136 e. The van der Waals surface area contributed by atoms with E-state index in [0.717, 1.165) is 19.3 Å². The monoisotopic (exact) mass is 212 g/mol. The van der Waals surface area contributed by atoms with Gasteiger partial charge in [-0.3, -0.25) is 0 Å². The number of benzene rings is 1. The average molecular weight is 212 g/mol. The molecule has 1 aliphatic carbocycles. The summed E-state index contributed by atoms with van der Waals surface area (Å²) in [6, 6.07) is 6.74. The molecule has 0 aromatic heterocycles. The molecule has 0 aliphatic heterocycles. The van der Waals surface area contributed by atoms with E-state index < -0.39 is 0 Å². The third-order valence-corrected chi connectivity index (χ3v) is 3.97. The van der Waals surface area contributed by atoms with Crippen molar-refractivity contribution < 1.29 is 9.50 Å². The Morgan fingerprint density at radius 3 is 2.71 bits per heavy atom. The molecule has 1 N–H and O–H groups in total. The lowest BCUT2D eigenvalue weighted by atomic mass is 10.3. The summed E-state index contributed by atoms with van der Waals surface area (Å²) in [6.45, 7) is 0. The van der Waals surface area contributed by atoms with Crippen LogP contribution in [0.25, 0.3) is 0 Å². The van der Waals surface area contributed by atoms with Crippen molar-refractivity contribution in [2.45, 2.75) is 35.5 Å². The molecule has 1 aromatic rings. The van der Waals surface area contributed by atoms with Crippen molar-refractivity contribution in [3.05, 3.63) is 30.1 Å². The minimum atomic E-state index is -0.264. The second-order valence-corrected chi connectivity index (χ2v) is 4.87. The summed E-state index contributed by atoms with van der Waals surface area (Å²) in [4.78, 5) is 0.651. The highest BCUT2D eigenvalue weighted by Crippen LogP contribution is 2.35. The van der Waals surface area contributed by atoms with Crippen LogP contribution in [0, 0.1) is 5.82 Å². The number of aliphatic hydroxyl groups is 1. The van der Waals surface area contributed by atoms with Crippen LogP contribution in [0.15, 0.2) is 29.2 Å². The van der Waals surface area contributed by atoms with Crippen molar-refractivity contribution in [2.75, 3.05) is 0 Å². The maximum atomic E-state index is 13.3. The fraction of sp³-hybridized carbons (Fsp3) is 0.455. The zero-order valence-corrected chi connectivity index (χ0v) is 8.64. The normalized spacial score (nSPS) is 26.7. The summed E-state index contributed by atoms with van der Waals surface area (Å²) >= 11 is 1.46. The molecule has 3 heteroatoms. The van der Waals surface area contributed by atoms with Crippen molar-refractivity contribution in [1.29, 1.82) is 0 Å². The number of hydrogen-bond donors (Lipinski definition) is 1. The van der Waals surface area contributed by atoms with Crippen LogP contribution in [0.3, 0.4) is 0 Å². The molecule has 14 heavy (non-hydrogen) atoms. The van der Waals surface area contributed by atoms with Crippen LogP contribution in [0.5, 0.6) is 0 Å². The van der Waals surface area contributed by atoms with Gasteiger partial charge in [0.15, 0.2) is 0 Å². The van der Waals surface area contributed by atoms with E-state index in [9.17, 15) is 9.50 Å². The zero-order valence-electron chi connectivity index (χ0n) is 7.82. The molecule has 1 aliphatic rings. The van der Waals surface area contributed by atoms with Gasteiger partial charge in [0.1, 0.15) is 5.82 Å². The fourth-order valence-electron chi connectivity index (χ4n) is 1.75. The first-order valence-corrected chi connectivity index (χ1v) is 5.74. The number of hydrogen-bond acceptors (Lipinski definition) is 2. The molecule has 1 saturated carbocycles. The van der Waals surface area contributed by atoms with Crippen LogP contribution in [0.4, 0.5) is 4.39 Å². The van der Waals surface area contributed by atoms with E-state index in [0.29, 0.717) is 4.90 Å². The van der Waals surface area contributed by atoms with Gasteiger partial charge in [-0.1, -0.05) is 12.1 Å². The van der Waals surface area contributed by atoms with E-state index in [-0.39, 0.29) is 17.2 Å². The molecule has 0 amide bonds. The molecular formula is C11H13FOS. The minimum absolute atomic E-state index is 0.173. The SMILES string of the molecule is O[C@@H]1CCC[C@H]1Sc1ccccc1F. The highest BCUT2D eigenvalue weighted by Gasteiger charge is 2.26. The minimum Gasteiger partial charge on any atom is -0.392 e. The molecule has 1 nitrogen and oxygen atoms in total. The predicted octanol–water partition coefficient (Wildman–Crippen LogP) is 2.83. The summed E-state index contributed by atoms with van der Waals surface area (Å²) < 4.78 is 13.3. The Balaban J connectivity index is 2.07. The van der Waals surface area contributed by atoms with Crippen LogP contribution in [0.1, 0.15) is 19.3 Å². The quantitative estimate of drug-likeness (QED) is 0.813. The van der Waals surface area contributed by atoms with Gasteiger partial charge in [0.2, 0.25) is 0 Å². The van der Waals surface area contributed by atoms with Crippen molar-refractivity contribution in [2.24, 2.45) is 0 Å². The van der Waals surface area contributed by atoms with Gasteiger partial charge in [-0.25, -0.2) is 4.39 Å². The second-order valence-electron chi connectivity index (χ2n) is 3.58. The highest BCUT2D eigenvalue weighted by molar-refractivity contribution is 8.00. The van der Waals surface area contributed by atoms with Gasteiger partial charge < -0.3 is 5.11 Å². The first kappa shape index (κ1) is 9.99. The largest absolute Gasteiger partial charge is 0.392 e. The van der Waals surface area contributed by atoms with Gasteiger partial charge >= 0.3 is 0 Å². The Labute approximate surface area is 87.3 Å². The summed E-state index contributed by atoms with van der Waals surface area (Å²) in [5.41, 5.74) is 0. The van der Waals surface area contributed by atoms with Crippen LogP contribution in [0.2, 0.25) is 0 Å². The first-order valence-electron chi connectivity index (χ1n) is 4.86. The van der Waals surface area contributed by atoms with E-state index in [2.05, 4.69) is 0 Å². The fourth-order valence-corrected chi connectivity index (χ4v) is 2.99. The molecule has 0 radical (unpaired) electrons. The average Bonchev–Trinajstić information content (AvgIpc) is 2.56. The van der Waals surface area contributed by atoms with Gasteiger partial charge in [0, 0.05) is 10.1 Å². The van der Waals surface area contributed by atoms with E-state index in [1.54, 1.807) is 12.1 Å². The van der Waals surface area contributed by atoms with Crippen molar-refractivity contribution >= 4 is 11.8 Å². The van der Waals surface area contributed by atoms with E-state index in [1.165, 1.54) is 17.8 Å².